The number of amides is 1. The van der Waals surface area contributed by atoms with Gasteiger partial charge in [-0.15, -0.1) is 11.3 Å². The van der Waals surface area contributed by atoms with E-state index in [1.165, 1.54) is 5.56 Å². The summed E-state index contributed by atoms with van der Waals surface area (Å²) in [5, 5.41) is 3.11. The van der Waals surface area contributed by atoms with Crippen LogP contribution in [0.3, 0.4) is 0 Å². The Balaban J connectivity index is 2.85. The predicted molar refractivity (Wildman–Crippen MR) is 56.1 cm³/mol. The average Bonchev–Trinajstić information content (AvgIpc) is 2.48. The lowest BCUT2D eigenvalue weighted by atomic mass is 10.2. The molecular formula is C9H14N2OS. The summed E-state index contributed by atoms with van der Waals surface area (Å²) in [5.74, 6) is -0.296. The number of anilines is 1. The molecule has 1 rings (SSSR count). The first-order chi connectivity index (χ1) is 6.04. The topological polar surface area (TPSA) is 46.3 Å². The third-order valence-electron chi connectivity index (χ3n) is 2.15. The van der Waals surface area contributed by atoms with Gasteiger partial charge in [-0.3, -0.25) is 4.79 Å². The highest BCUT2D eigenvalue weighted by Gasteiger charge is 2.17. The van der Waals surface area contributed by atoms with Crippen LogP contribution in [0.2, 0.25) is 0 Å². The number of rotatable bonds is 3. The molecule has 2 N–H and O–H groups in total. The second kappa shape index (κ2) is 3.79. The van der Waals surface area contributed by atoms with Crippen molar-refractivity contribution in [2.24, 2.45) is 5.73 Å². The normalized spacial score (nSPS) is 12.5. The lowest BCUT2D eigenvalue weighted by Crippen LogP contribution is -2.40. The van der Waals surface area contributed by atoms with E-state index in [1.54, 1.807) is 11.3 Å². The summed E-state index contributed by atoms with van der Waals surface area (Å²) in [6.07, 6.45) is 0. The SMILES string of the molecule is Cc1ccsc1N(C)C(C)C(N)=O. The van der Waals surface area contributed by atoms with Crippen molar-refractivity contribution in [3.05, 3.63) is 17.0 Å². The molecule has 0 aliphatic carbocycles. The fraction of sp³-hybridized carbons (Fsp3) is 0.444. The highest BCUT2D eigenvalue weighted by Crippen LogP contribution is 2.26. The van der Waals surface area contributed by atoms with Gasteiger partial charge in [-0.2, -0.15) is 0 Å². The van der Waals surface area contributed by atoms with Crippen LogP contribution >= 0.6 is 11.3 Å². The van der Waals surface area contributed by atoms with Gasteiger partial charge in [0.15, 0.2) is 0 Å². The Hall–Kier alpha value is -1.03. The smallest absolute Gasteiger partial charge is 0.239 e. The van der Waals surface area contributed by atoms with Crippen LogP contribution in [0.4, 0.5) is 5.00 Å². The van der Waals surface area contributed by atoms with E-state index in [0.29, 0.717) is 0 Å². The Kier molecular flexibility index (Phi) is 2.93. The Morgan fingerprint density at radius 1 is 1.69 bits per heavy atom. The first-order valence-corrected chi connectivity index (χ1v) is 4.98. The Labute approximate surface area is 82.2 Å². The number of carbonyl (C=O) groups is 1. The van der Waals surface area contributed by atoms with Crippen molar-refractivity contribution in [1.29, 1.82) is 0 Å². The second-order valence-electron chi connectivity index (χ2n) is 3.10. The lowest BCUT2D eigenvalue weighted by Gasteiger charge is -2.23. The molecular weight excluding hydrogens is 184 g/mol. The maximum absolute atomic E-state index is 10.9. The number of nitrogens with zero attached hydrogens (tertiary/aromatic N) is 1. The zero-order chi connectivity index (χ0) is 10.0. The van der Waals surface area contributed by atoms with Gasteiger partial charge in [-0.1, -0.05) is 0 Å². The standard InChI is InChI=1S/C9H14N2OS/c1-6-4-5-13-9(6)11(3)7(2)8(10)12/h4-5,7H,1-3H3,(H2,10,12). The Morgan fingerprint density at radius 3 is 2.69 bits per heavy atom. The summed E-state index contributed by atoms with van der Waals surface area (Å²) >= 11 is 1.62. The number of thiophene rings is 1. The highest BCUT2D eigenvalue weighted by atomic mass is 32.1. The van der Waals surface area contributed by atoms with Crippen LogP contribution in [-0.2, 0) is 4.79 Å². The first-order valence-electron chi connectivity index (χ1n) is 4.10. The molecule has 1 amide bonds. The molecule has 72 valence electrons. The number of hydrogen-bond acceptors (Lipinski definition) is 3. The minimum absolute atomic E-state index is 0.252. The van der Waals surface area contributed by atoms with Crippen molar-refractivity contribution in [3.63, 3.8) is 0 Å². The van der Waals surface area contributed by atoms with E-state index in [9.17, 15) is 4.79 Å². The fourth-order valence-electron chi connectivity index (χ4n) is 1.09. The summed E-state index contributed by atoms with van der Waals surface area (Å²) in [6, 6.07) is 1.78. The zero-order valence-corrected chi connectivity index (χ0v) is 8.89. The highest BCUT2D eigenvalue weighted by molar-refractivity contribution is 7.14. The van der Waals surface area contributed by atoms with Gasteiger partial charge in [0, 0.05) is 7.05 Å². The van der Waals surface area contributed by atoms with E-state index in [1.807, 2.05) is 37.2 Å². The van der Waals surface area contributed by atoms with Crippen molar-refractivity contribution < 1.29 is 4.79 Å². The van der Waals surface area contributed by atoms with Crippen molar-refractivity contribution in [3.8, 4) is 0 Å². The van der Waals surface area contributed by atoms with Crippen LogP contribution in [0.1, 0.15) is 12.5 Å². The quantitative estimate of drug-likeness (QED) is 0.797. The Morgan fingerprint density at radius 2 is 2.31 bits per heavy atom. The summed E-state index contributed by atoms with van der Waals surface area (Å²) < 4.78 is 0. The average molecular weight is 198 g/mol. The maximum Gasteiger partial charge on any atom is 0.239 e. The molecule has 3 nitrogen and oxygen atoms in total. The zero-order valence-electron chi connectivity index (χ0n) is 8.07. The van der Waals surface area contributed by atoms with Crippen LogP contribution in [-0.4, -0.2) is 19.0 Å². The van der Waals surface area contributed by atoms with Crippen molar-refractivity contribution in [2.45, 2.75) is 19.9 Å². The number of nitrogens with two attached hydrogens (primary N) is 1. The van der Waals surface area contributed by atoms with E-state index in [4.69, 9.17) is 5.73 Å². The lowest BCUT2D eigenvalue weighted by molar-refractivity contribution is -0.118. The molecule has 0 aliphatic heterocycles. The molecule has 0 radical (unpaired) electrons. The van der Waals surface area contributed by atoms with E-state index in [0.717, 1.165) is 5.00 Å². The molecule has 0 spiro atoms. The molecule has 0 fully saturated rings. The Bertz CT molecular complexity index is 308. The van der Waals surface area contributed by atoms with Crippen LogP contribution in [0, 0.1) is 6.92 Å². The van der Waals surface area contributed by atoms with Crippen LogP contribution < -0.4 is 10.6 Å². The molecule has 0 aromatic carbocycles. The summed E-state index contributed by atoms with van der Waals surface area (Å²) in [5.41, 5.74) is 6.40. The number of carbonyl (C=O) groups excluding carboxylic acids is 1. The monoisotopic (exact) mass is 198 g/mol. The van der Waals surface area contributed by atoms with Gasteiger partial charge >= 0.3 is 0 Å². The van der Waals surface area contributed by atoms with E-state index in [-0.39, 0.29) is 11.9 Å². The van der Waals surface area contributed by atoms with Crippen molar-refractivity contribution in [1.82, 2.24) is 0 Å². The minimum atomic E-state index is -0.296. The number of aryl methyl sites for hydroxylation is 1. The molecule has 1 heterocycles. The molecule has 1 aromatic heterocycles. The fourth-order valence-corrected chi connectivity index (χ4v) is 2.07. The predicted octanol–water partition coefficient (Wildman–Crippen LogP) is 1.37. The van der Waals surface area contributed by atoms with Crippen LogP contribution in [0.5, 0.6) is 0 Å². The molecule has 0 aliphatic rings. The van der Waals surface area contributed by atoms with Gasteiger partial charge in [0.05, 0.1) is 5.00 Å². The van der Waals surface area contributed by atoms with E-state index in [2.05, 4.69) is 0 Å². The first kappa shape index (κ1) is 10.1. The van der Waals surface area contributed by atoms with E-state index >= 15 is 0 Å². The van der Waals surface area contributed by atoms with Gasteiger partial charge in [0.1, 0.15) is 6.04 Å². The third-order valence-corrected chi connectivity index (χ3v) is 3.25. The minimum Gasteiger partial charge on any atom is -0.368 e. The number of hydrogen-bond donors (Lipinski definition) is 1. The van der Waals surface area contributed by atoms with Gasteiger partial charge in [-0.25, -0.2) is 0 Å². The van der Waals surface area contributed by atoms with Crippen molar-refractivity contribution in [2.75, 3.05) is 11.9 Å². The van der Waals surface area contributed by atoms with Gasteiger partial charge in [-0.05, 0) is 30.9 Å². The molecule has 0 saturated heterocycles. The molecule has 1 unspecified atom stereocenters. The number of likely N-dealkylation sites (N-methyl/N-ethyl adjacent to an activating group) is 1. The largest absolute Gasteiger partial charge is 0.368 e. The molecule has 13 heavy (non-hydrogen) atoms. The third kappa shape index (κ3) is 2.01. The van der Waals surface area contributed by atoms with Crippen LogP contribution in [0.15, 0.2) is 11.4 Å². The molecule has 1 aromatic rings. The van der Waals surface area contributed by atoms with Gasteiger partial charge in [0.2, 0.25) is 5.91 Å². The molecule has 1 atom stereocenters. The van der Waals surface area contributed by atoms with Crippen LogP contribution in [0.25, 0.3) is 0 Å². The second-order valence-corrected chi connectivity index (χ2v) is 3.99. The molecule has 0 bridgehead atoms. The molecule has 0 saturated carbocycles. The summed E-state index contributed by atoms with van der Waals surface area (Å²) in [6.45, 7) is 3.83. The van der Waals surface area contributed by atoms with Gasteiger partial charge in [0.25, 0.3) is 0 Å². The van der Waals surface area contributed by atoms with Crippen molar-refractivity contribution >= 4 is 22.2 Å². The summed E-state index contributed by atoms with van der Waals surface area (Å²) in [4.78, 5) is 12.8. The van der Waals surface area contributed by atoms with Gasteiger partial charge < -0.3 is 10.6 Å². The van der Waals surface area contributed by atoms with E-state index < -0.39 is 0 Å². The maximum atomic E-state index is 10.9. The molecule has 4 heteroatoms. The number of primary amides is 1. The summed E-state index contributed by atoms with van der Waals surface area (Å²) in [7, 11) is 1.88.